The first kappa shape index (κ1) is 23.4. The third-order valence-corrected chi connectivity index (χ3v) is 4.33. The second-order valence-electron chi connectivity index (χ2n) is 6.68. The van der Waals surface area contributed by atoms with Gasteiger partial charge in [-0.05, 0) is 24.3 Å². The highest BCUT2D eigenvalue weighted by molar-refractivity contribution is 5.98. The molecule has 3 aromatic carbocycles. The molecule has 0 atom stereocenters. The zero-order valence-corrected chi connectivity index (χ0v) is 17.3. The first-order chi connectivity index (χ1) is 16.3. The lowest BCUT2D eigenvalue weighted by Gasteiger charge is -2.03. The van der Waals surface area contributed by atoms with E-state index >= 15 is 0 Å². The van der Waals surface area contributed by atoms with E-state index in [9.17, 15) is 29.8 Å². The van der Waals surface area contributed by atoms with Gasteiger partial charge in [0.05, 0.1) is 22.3 Å². The molecule has 12 heteroatoms. The number of nitro groups is 2. The maximum absolute atomic E-state index is 12.2. The number of rotatable bonds is 8. The van der Waals surface area contributed by atoms with Crippen LogP contribution >= 0.6 is 0 Å². The topological polar surface area (TPSA) is 169 Å². The third kappa shape index (κ3) is 6.37. The van der Waals surface area contributed by atoms with E-state index in [0.717, 1.165) is 0 Å². The SMILES string of the molecule is O=C(N/N=C/c1cccc([N+](=O)[O-])c1)c1ccc(C(=O)N/N=C/c2cccc([N+](=O)[O-])c2)cc1. The molecule has 0 bridgehead atoms. The molecule has 2 amide bonds. The second-order valence-corrected chi connectivity index (χ2v) is 6.68. The van der Waals surface area contributed by atoms with Gasteiger partial charge in [0.25, 0.3) is 23.2 Å². The predicted octanol–water partition coefficient (Wildman–Crippen LogP) is 3.03. The van der Waals surface area contributed by atoms with Crippen LogP contribution < -0.4 is 10.9 Å². The average Bonchev–Trinajstić information content (AvgIpc) is 2.84. The Balaban J connectivity index is 1.55. The maximum Gasteiger partial charge on any atom is 0.271 e. The van der Waals surface area contributed by atoms with Crippen molar-refractivity contribution in [1.29, 1.82) is 0 Å². The highest BCUT2D eigenvalue weighted by Crippen LogP contribution is 2.12. The van der Waals surface area contributed by atoms with Crippen LogP contribution in [0.3, 0.4) is 0 Å². The number of carbonyl (C=O) groups excluding carboxylic acids is 2. The minimum absolute atomic E-state index is 0.0986. The van der Waals surface area contributed by atoms with E-state index in [4.69, 9.17) is 0 Å². The zero-order chi connectivity index (χ0) is 24.5. The fourth-order valence-corrected chi connectivity index (χ4v) is 2.67. The summed E-state index contributed by atoms with van der Waals surface area (Å²) < 4.78 is 0. The Bertz CT molecular complexity index is 1200. The van der Waals surface area contributed by atoms with Crippen LogP contribution in [0.4, 0.5) is 11.4 Å². The Kier molecular flexibility index (Phi) is 7.47. The summed E-state index contributed by atoms with van der Waals surface area (Å²) in [6.07, 6.45) is 2.54. The summed E-state index contributed by atoms with van der Waals surface area (Å²) in [7, 11) is 0. The number of hydrogen-bond donors (Lipinski definition) is 2. The first-order valence-electron chi connectivity index (χ1n) is 9.59. The monoisotopic (exact) mass is 460 g/mol. The molecule has 3 rings (SSSR count). The smallest absolute Gasteiger partial charge is 0.267 e. The number of hydrogen-bond acceptors (Lipinski definition) is 8. The fourth-order valence-electron chi connectivity index (χ4n) is 2.67. The van der Waals surface area contributed by atoms with Gasteiger partial charge in [0, 0.05) is 46.5 Å². The van der Waals surface area contributed by atoms with Crippen LogP contribution in [0, 0.1) is 20.2 Å². The molecule has 170 valence electrons. The molecule has 0 spiro atoms. The minimum atomic E-state index is -0.544. The zero-order valence-electron chi connectivity index (χ0n) is 17.3. The number of benzene rings is 3. The quantitative estimate of drug-likeness (QED) is 0.297. The molecule has 0 aliphatic carbocycles. The fraction of sp³-hybridized carbons (Fsp3) is 0. The summed E-state index contributed by atoms with van der Waals surface area (Å²) in [6.45, 7) is 0. The van der Waals surface area contributed by atoms with Crippen molar-refractivity contribution in [3.63, 3.8) is 0 Å². The second kappa shape index (κ2) is 10.9. The van der Waals surface area contributed by atoms with Crippen LogP contribution in [0.15, 0.2) is 83.0 Å². The van der Waals surface area contributed by atoms with Gasteiger partial charge in [-0.3, -0.25) is 29.8 Å². The summed E-state index contributed by atoms with van der Waals surface area (Å²) in [4.78, 5) is 44.9. The molecule has 0 saturated carbocycles. The van der Waals surface area contributed by atoms with Gasteiger partial charge >= 0.3 is 0 Å². The van der Waals surface area contributed by atoms with Crippen LogP contribution in [0.1, 0.15) is 31.8 Å². The summed E-state index contributed by atoms with van der Waals surface area (Å²) in [6, 6.07) is 17.1. The van der Waals surface area contributed by atoms with Crippen molar-refractivity contribution in [3.8, 4) is 0 Å². The van der Waals surface area contributed by atoms with E-state index in [2.05, 4.69) is 21.1 Å². The lowest BCUT2D eigenvalue weighted by molar-refractivity contribution is -0.385. The normalized spacial score (nSPS) is 10.8. The van der Waals surface area contributed by atoms with Gasteiger partial charge in [0.2, 0.25) is 0 Å². The number of nitro benzene ring substituents is 2. The lowest BCUT2D eigenvalue weighted by atomic mass is 10.1. The van der Waals surface area contributed by atoms with E-state index in [-0.39, 0.29) is 22.5 Å². The molecule has 0 aliphatic rings. The van der Waals surface area contributed by atoms with Gasteiger partial charge in [-0.15, -0.1) is 0 Å². The summed E-state index contributed by atoms with van der Waals surface area (Å²) in [5, 5.41) is 29.1. The highest BCUT2D eigenvalue weighted by Gasteiger charge is 2.09. The Morgan fingerprint density at radius 2 is 1.06 bits per heavy atom. The Hall–Kier alpha value is -5.26. The van der Waals surface area contributed by atoms with Crippen molar-refractivity contribution < 1.29 is 19.4 Å². The van der Waals surface area contributed by atoms with E-state index in [1.165, 1.54) is 73.1 Å². The molecule has 34 heavy (non-hydrogen) atoms. The predicted molar refractivity (Wildman–Crippen MR) is 123 cm³/mol. The van der Waals surface area contributed by atoms with Gasteiger partial charge in [-0.1, -0.05) is 24.3 Å². The molecular formula is C22H16N6O6. The van der Waals surface area contributed by atoms with Crippen molar-refractivity contribution >= 4 is 35.6 Å². The average molecular weight is 460 g/mol. The largest absolute Gasteiger partial charge is 0.271 e. The number of non-ortho nitro benzene ring substituents is 2. The van der Waals surface area contributed by atoms with Crippen molar-refractivity contribution in [3.05, 3.63) is 115 Å². The van der Waals surface area contributed by atoms with Crippen LogP contribution in [-0.4, -0.2) is 34.1 Å². The van der Waals surface area contributed by atoms with Gasteiger partial charge in [0.15, 0.2) is 0 Å². The van der Waals surface area contributed by atoms with E-state index in [0.29, 0.717) is 11.1 Å². The van der Waals surface area contributed by atoms with Crippen molar-refractivity contribution in [2.45, 2.75) is 0 Å². The number of nitrogens with one attached hydrogen (secondary N) is 2. The summed E-state index contributed by atoms with van der Waals surface area (Å²) >= 11 is 0. The number of carbonyl (C=O) groups is 2. The van der Waals surface area contributed by atoms with Crippen molar-refractivity contribution in [1.82, 2.24) is 10.9 Å². The van der Waals surface area contributed by atoms with Crippen molar-refractivity contribution in [2.75, 3.05) is 0 Å². The van der Waals surface area contributed by atoms with Gasteiger partial charge < -0.3 is 0 Å². The van der Waals surface area contributed by atoms with Crippen LogP contribution in [0.5, 0.6) is 0 Å². The number of nitrogens with zero attached hydrogens (tertiary/aromatic N) is 4. The van der Waals surface area contributed by atoms with Crippen molar-refractivity contribution in [2.24, 2.45) is 10.2 Å². The number of amides is 2. The molecule has 0 radical (unpaired) electrons. The number of hydrazone groups is 2. The molecule has 2 N–H and O–H groups in total. The van der Waals surface area contributed by atoms with Crippen LogP contribution in [-0.2, 0) is 0 Å². The molecule has 0 fully saturated rings. The minimum Gasteiger partial charge on any atom is -0.267 e. The molecule has 0 aliphatic heterocycles. The molecule has 0 saturated heterocycles. The van der Waals surface area contributed by atoms with Gasteiger partial charge in [-0.25, -0.2) is 10.9 Å². The van der Waals surface area contributed by atoms with E-state index < -0.39 is 21.7 Å². The highest BCUT2D eigenvalue weighted by atomic mass is 16.6. The standard InChI is InChI=1S/C22H16N6O6/c29-21(25-23-13-15-3-1-5-19(11-15)27(31)32)17-7-9-18(10-8-17)22(30)26-24-14-16-4-2-6-20(12-16)28(33)34/h1-14H,(H,25,29)(H,26,30)/b23-13+,24-14+. The molecule has 3 aromatic rings. The van der Waals surface area contributed by atoms with Crippen LogP contribution in [0.25, 0.3) is 0 Å². The Morgan fingerprint density at radius 3 is 1.41 bits per heavy atom. The Morgan fingerprint density at radius 1 is 0.676 bits per heavy atom. The maximum atomic E-state index is 12.2. The van der Waals surface area contributed by atoms with E-state index in [1.807, 2.05) is 0 Å². The molecule has 0 aromatic heterocycles. The summed E-state index contributed by atoms with van der Waals surface area (Å²) in [5.74, 6) is -1.09. The Labute approximate surface area is 191 Å². The summed E-state index contributed by atoms with van der Waals surface area (Å²) in [5.41, 5.74) is 5.73. The van der Waals surface area contributed by atoms with Crippen LogP contribution in [0.2, 0.25) is 0 Å². The molecule has 12 nitrogen and oxygen atoms in total. The first-order valence-corrected chi connectivity index (χ1v) is 9.59. The lowest BCUT2D eigenvalue weighted by Crippen LogP contribution is -2.19. The van der Waals surface area contributed by atoms with Gasteiger partial charge in [0.1, 0.15) is 0 Å². The van der Waals surface area contributed by atoms with E-state index in [1.54, 1.807) is 12.1 Å². The molecule has 0 unspecified atom stereocenters. The third-order valence-electron chi connectivity index (χ3n) is 4.33. The molecular weight excluding hydrogens is 444 g/mol. The van der Waals surface area contributed by atoms with Gasteiger partial charge in [-0.2, -0.15) is 10.2 Å². The molecule has 0 heterocycles.